The van der Waals surface area contributed by atoms with E-state index in [1.807, 2.05) is 12.1 Å². The molecule has 0 radical (unpaired) electrons. The fourth-order valence-electron chi connectivity index (χ4n) is 2.09. The number of aromatic nitrogens is 3. The molecule has 3 rings (SSSR count). The first kappa shape index (κ1) is 13.4. The molecule has 2 aromatic rings. The van der Waals surface area contributed by atoms with Gasteiger partial charge in [-0.2, -0.15) is 0 Å². The first-order valence-electron chi connectivity index (χ1n) is 6.80. The standard InChI is InChI=1S/C15H17N5O/c1-21-12(15(17)9-5-6-9)7-14-18-8-11(20-14)10-3-2-4-13(16)19-10/h2-4,7-9,17H,5-6H2,1H3,(H2,16,19)(H,18,20)/b12-7+,17-15?. The Hall–Kier alpha value is -2.63. The summed E-state index contributed by atoms with van der Waals surface area (Å²) in [6, 6.07) is 5.44. The van der Waals surface area contributed by atoms with E-state index in [-0.39, 0.29) is 0 Å². The lowest BCUT2D eigenvalue weighted by Gasteiger charge is -2.05. The second kappa shape index (κ2) is 5.40. The SMILES string of the molecule is CO/C(=C/c1ncc(-c2cccc(N)n2)[nH]1)C(=N)C1CC1. The number of allylic oxidation sites excluding steroid dienone is 1. The predicted octanol–water partition coefficient (Wildman–Crippen LogP) is 2.47. The van der Waals surface area contributed by atoms with Crippen LogP contribution in [0.4, 0.5) is 5.82 Å². The van der Waals surface area contributed by atoms with Gasteiger partial charge in [0.25, 0.3) is 0 Å². The van der Waals surface area contributed by atoms with Gasteiger partial charge in [-0.25, -0.2) is 9.97 Å². The number of nitrogen functional groups attached to an aromatic ring is 1. The highest BCUT2D eigenvalue weighted by Crippen LogP contribution is 2.33. The molecule has 0 unspecified atom stereocenters. The Morgan fingerprint density at radius 3 is 2.95 bits per heavy atom. The van der Waals surface area contributed by atoms with E-state index in [9.17, 15) is 0 Å². The first-order chi connectivity index (χ1) is 10.2. The summed E-state index contributed by atoms with van der Waals surface area (Å²) >= 11 is 0. The van der Waals surface area contributed by atoms with Crippen molar-refractivity contribution in [3.05, 3.63) is 36.0 Å². The molecule has 0 atom stereocenters. The number of rotatable bonds is 5. The molecule has 1 saturated carbocycles. The van der Waals surface area contributed by atoms with E-state index in [0.717, 1.165) is 24.2 Å². The molecule has 6 heteroatoms. The van der Waals surface area contributed by atoms with Gasteiger partial charge in [-0.1, -0.05) is 6.07 Å². The summed E-state index contributed by atoms with van der Waals surface area (Å²) in [5, 5.41) is 8.05. The molecule has 4 N–H and O–H groups in total. The molecule has 21 heavy (non-hydrogen) atoms. The summed E-state index contributed by atoms with van der Waals surface area (Å²) in [5.41, 5.74) is 7.73. The average Bonchev–Trinajstić information content (AvgIpc) is 3.23. The van der Waals surface area contributed by atoms with Crippen molar-refractivity contribution in [1.82, 2.24) is 15.0 Å². The van der Waals surface area contributed by atoms with Gasteiger partial charge in [0.15, 0.2) is 0 Å². The predicted molar refractivity (Wildman–Crippen MR) is 81.7 cm³/mol. The van der Waals surface area contributed by atoms with Crippen molar-refractivity contribution >= 4 is 17.6 Å². The van der Waals surface area contributed by atoms with Crippen molar-refractivity contribution in [3.8, 4) is 11.4 Å². The largest absolute Gasteiger partial charge is 0.495 e. The van der Waals surface area contributed by atoms with Gasteiger partial charge in [-0.15, -0.1) is 0 Å². The second-order valence-electron chi connectivity index (χ2n) is 5.03. The fourth-order valence-corrected chi connectivity index (χ4v) is 2.09. The average molecular weight is 283 g/mol. The zero-order valence-corrected chi connectivity index (χ0v) is 11.8. The number of hydrogen-bond acceptors (Lipinski definition) is 5. The summed E-state index contributed by atoms with van der Waals surface area (Å²) in [6.07, 6.45) is 5.57. The molecule has 0 aromatic carbocycles. The van der Waals surface area contributed by atoms with Gasteiger partial charge in [0.1, 0.15) is 17.4 Å². The monoisotopic (exact) mass is 283 g/mol. The summed E-state index contributed by atoms with van der Waals surface area (Å²) < 4.78 is 5.29. The van der Waals surface area contributed by atoms with Crippen LogP contribution in [-0.4, -0.2) is 27.8 Å². The van der Waals surface area contributed by atoms with Crippen LogP contribution in [-0.2, 0) is 4.74 Å². The minimum absolute atomic E-state index is 0.334. The number of aromatic amines is 1. The molecule has 1 aliphatic carbocycles. The number of methoxy groups -OCH3 is 1. The van der Waals surface area contributed by atoms with E-state index < -0.39 is 0 Å². The molecule has 0 amide bonds. The third-order valence-electron chi connectivity index (χ3n) is 3.38. The Morgan fingerprint density at radius 2 is 2.29 bits per heavy atom. The lowest BCUT2D eigenvalue weighted by Crippen LogP contribution is -2.05. The molecule has 108 valence electrons. The molecule has 0 saturated heterocycles. The number of ether oxygens (including phenoxy) is 1. The molecule has 0 bridgehead atoms. The highest BCUT2D eigenvalue weighted by Gasteiger charge is 2.29. The molecule has 1 aliphatic rings. The van der Waals surface area contributed by atoms with Crippen molar-refractivity contribution in [1.29, 1.82) is 5.41 Å². The van der Waals surface area contributed by atoms with Crippen molar-refractivity contribution in [3.63, 3.8) is 0 Å². The Balaban J connectivity index is 1.85. The van der Waals surface area contributed by atoms with Crippen LogP contribution in [0, 0.1) is 11.3 Å². The van der Waals surface area contributed by atoms with Crippen LogP contribution in [0.2, 0.25) is 0 Å². The number of imidazole rings is 1. The molecule has 1 fully saturated rings. The number of nitrogens with zero attached hydrogens (tertiary/aromatic N) is 2. The highest BCUT2D eigenvalue weighted by atomic mass is 16.5. The lowest BCUT2D eigenvalue weighted by atomic mass is 10.2. The van der Waals surface area contributed by atoms with Crippen LogP contribution in [0.3, 0.4) is 0 Å². The van der Waals surface area contributed by atoms with Gasteiger partial charge in [0.2, 0.25) is 0 Å². The molecule has 0 aliphatic heterocycles. The van der Waals surface area contributed by atoms with Gasteiger partial charge in [-0.3, -0.25) is 0 Å². The Bertz CT molecular complexity index is 700. The maximum absolute atomic E-state index is 8.05. The third-order valence-corrected chi connectivity index (χ3v) is 3.38. The smallest absolute Gasteiger partial charge is 0.143 e. The molecule has 6 nitrogen and oxygen atoms in total. The normalized spacial score (nSPS) is 15.0. The van der Waals surface area contributed by atoms with Crippen LogP contribution in [0.1, 0.15) is 18.7 Å². The van der Waals surface area contributed by atoms with Gasteiger partial charge in [-0.05, 0) is 25.0 Å². The van der Waals surface area contributed by atoms with Crippen molar-refractivity contribution in [2.45, 2.75) is 12.8 Å². The quantitative estimate of drug-likeness (QED) is 0.579. The lowest BCUT2D eigenvalue weighted by molar-refractivity contribution is 0.316. The number of hydrogen-bond donors (Lipinski definition) is 3. The first-order valence-corrected chi connectivity index (χ1v) is 6.80. The van der Waals surface area contributed by atoms with E-state index in [4.69, 9.17) is 15.9 Å². The van der Waals surface area contributed by atoms with E-state index in [2.05, 4.69) is 15.0 Å². The van der Waals surface area contributed by atoms with E-state index in [0.29, 0.717) is 29.0 Å². The van der Waals surface area contributed by atoms with Crippen molar-refractivity contribution in [2.75, 3.05) is 12.8 Å². The molecular formula is C15H17N5O. The number of nitrogens with two attached hydrogens (primary N) is 1. The summed E-state index contributed by atoms with van der Waals surface area (Å²) in [4.78, 5) is 11.7. The zero-order valence-electron chi connectivity index (χ0n) is 11.8. The van der Waals surface area contributed by atoms with E-state index in [1.165, 1.54) is 0 Å². The van der Waals surface area contributed by atoms with Gasteiger partial charge in [0, 0.05) is 12.0 Å². The second-order valence-corrected chi connectivity index (χ2v) is 5.03. The zero-order chi connectivity index (χ0) is 14.8. The van der Waals surface area contributed by atoms with E-state index in [1.54, 1.807) is 25.4 Å². The summed E-state index contributed by atoms with van der Waals surface area (Å²) in [7, 11) is 1.58. The van der Waals surface area contributed by atoms with Gasteiger partial charge < -0.3 is 20.9 Å². The Morgan fingerprint density at radius 1 is 1.48 bits per heavy atom. The number of H-pyrrole nitrogens is 1. The van der Waals surface area contributed by atoms with Crippen LogP contribution >= 0.6 is 0 Å². The molecule has 2 aromatic heterocycles. The maximum atomic E-state index is 8.05. The topological polar surface area (TPSA) is 101 Å². The van der Waals surface area contributed by atoms with Gasteiger partial charge >= 0.3 is 0 Å². The molecule has 0 spiro atoms. The van der Waals surface area contributed by atoms with Crippen LogP contribution in [0.15, 0.2) is 30.2 Å². The number of nitrogens with one attached hydrogen (secondary N) is 2. The van der Waals surface area contributed by atoms with Gasteiger partial charge in [0.05, 0.1) is 30.4 Å². The summed E-state index contributed by atoms with van der Waals surface area (Å²) in [6.45, 7) is 0. The minimum Gasteiger partial charge on any atom is -0.495 e. The Labute approximate surface area is 122 Å². The highest BCUT2D eigenvalue weighted by molar-refractivity contribution is 6.02. The van der Waals surface area contributed by atoms with Crippen molar-refractivity contribution in [2.24, 2.45) is 5.92 Å². The summed E-state index contributed by atoms with van der Waals surface area (Å²) in [5.74, 6) is 1.99. The van der Waals surface area contributed by atoms with Crippen molar-refractivity contribution < 1.29 is 4.74 Å². The van der Waals surface area contributed by atoms with Crippen LogP contribution in [0.5, 0.6) is 0 Å². The number of pyridine rings is 1. The maximum Gasteiger partial charge on any atom is 0.143 e. The van der Waals surface area contributed by atoms with E-state index >= 15 is 0 Å². The van der Waals surface area contributed by atoms with Crippen LogP contribution < -0.4 is 5.73 Å². The third kappa shape index (κ3) is 2.94. The molecule has 2 heterocycles. The number of anilines is 1. The van der Waals surface area contributed by atoms with Crippen LogP contribution in [0.25, 0.3) is 17.5 Å². The minimum atomic E-state index is 0.334. The molecular weight excluding hydrogens is 266 g/mol. The Kier molecular flexibility index (Phi) is 3.43. The fraction of sp³-hybridized carbons (Fsp3) is 0.267.